The number of aromatic nitrogens is 1. The van der Waals surface area contributed by atoms with E-state index in [1.165, 1.54) is 0 Å². The molecule has 2 rings (SSSR count). The molecule has 0 saturated carbocycles. The fourth-order valence-electron chi connectivity index (χ4n) is 1.32. The van der Waals surface area contributed by atoms with Crippen LogP contribution in [0.3, 0.4) is 0 Å². The van der Waals surface area contributed by atoms with E-state index in [4.69, 9.17) is 5.11 Å². The van der Waals surface area contributed by atoms with Crippen molar-refractivity contribution in [2.24, 2.45) is 0 Å². The first-order chi connectivity index (χ1) is 7.25. The van der Waals surface area contributed by atoms with Gasteiger partial charge in [0.25, 0.3) is 0 Å². The standard InChI is InChI=1S/C11H12N2OS/c1-8(11-12-6-7-15-11)13-9-2-4-10(14)5-3-9/h2-8,13-14H,1H3. The summed E-state index contributed by atoms with van der Waals surface area (Å²) < 4.78 is 0. The van der Waals surface area contributed by atoms with Crippen LogP contribution in [0, 0.1) is 0 Å². The molecule has 2 N–H and O–H groups in total. The molecule has 4 heteroatoms. The largest absolute Gasteiger partial charge is 0.508 e. The van der Waals surface area contributed by atoms with Crippen molar-refractivity contribution in [3.05, 3.63) is 40.8 Å². The molecule has 0 bridgehead atoms. The Morgan fingerprint density at radius 3 is 2.67 bits per heavy atom. The molecule has 15 heavy (non-hydrogen) atoms. The Morgan fingerprint density at radius 1 is 1.33 bits per heavy atom. The highest BCUT2D eigenvalue weighted by Gasteiger charge is 2.06. The summed E-state index contributed by atoms with van der Waals surface area (Å²) >= 11 is 1.63. The average molecular weight is 220 g/mol. The second-order valence-electron chi connectivity index (χ2n) is 3.28. The molecule has 0 radical (unpaired) electrons. The number of aromatic hydroxyl groups is 1. The molecule has 1 atom stereocenters. The normalized spacial score (nSPS) is 12.3. The van der Waals surface area contributed by atoms with Crippen LogP contribution in [0.1, 0.15) is 18.0 Å². The van der Waals surface area contributed by atoms with Gasteiger partial charge in [0.15, 0.2) is 0 Å². The summed E-state index contributed by atoms with van der Waals surface area (Å²) in [7, 11) is 0. The lowest BCUT2D eigenvalue weighted by Gasteiger charge is -2.12. The third-order valence-corrected chi connectivity index (χ3v) is 3.03. The fourth-order valence-corrected chi connectivity index (χ4v) is 1.96. The topological polar surface area (TPSA) is 45.1 Å². The van der Waals surface area contributed by atoms with E-state index in [2.05, 4.69) is 17.2 Å². The van der Waals surface area contributed by atoms with Crippen molar-refractivity contribution < 1.29 is 5.11 Å². The highest BCUT2D eigenvalue weighted by molar-refractivity contribution is 7.09. The van der Waals surface area contributed by atoms with Gasteiger partial charge < -0.3 is 10.4 Å². The number of nitrogens with one attached hydrogen (secondary N) is 1. The molecule has 3 nitrogen and oxygen atoms in total. The van der Waals surface area contributed by atoms with Gasteiger partial charge in [-0.3, -0.25) is 0 Å². The van der Waals surface area contributed by atoms with E-state index in [0.717, 1.165) is 10.7 Å². The minimum absolute atomic E-state index is 0.189. The monoisotopic (exact) mass is 220 g/mol. The van der Waals surface area contributed by atoms with Gasteiger partial charge in [-0.15, -0.1) is 11.3 Å². The summed E-state index contributed by atoms with van der Waals surface area (Å²) in [6, 6.07) is 7.21. The minimum Gasteiger partial charge on any atom is -0.508 e. The van der Waals surface area contributed by atoms with E-state index in [1.54, 1.807) is 29.7 Å². The number of benzene rings is 1. The molecular weight excluding hydrogens is 208 g/mol. The summed E-state index contributed by atoms with van der Waals surface area (Å²) in [5.41, 5.74) is 0.982. The summed E-state index contributed by atoms with van der Waals surface area (Å²) in [5.74, 6) is 0.280. The zero-order valence-electron chi connectivity index (χ0n) is 8.34. The maximum atomic E-state index is 9.14. The highest BCUT2D eigenvalue weighted by atomic mass is 32.1. The summed E-state index contributed by atoms with van der Waals surface area (Å²) in [4.78, 5) is 4.24. The molecule has 1 heterocycles. The average Bonchev–Trinajstić information content (AvgIpc) is 2.74. The lowest BCUT2D eigenvalue weighted by atomic mass is 10.2. The van der Waals surface area contributed by atoms with E-state index in [0.29, 0.717) is 0 Å². The Bertz CT molecular complexity index is 411. The number of thiazole rings is 1. The molecule has 1 unspecified atom stereocenters. The number of rotatable bonds is 3. The van der Waals surface area contributed by atoms with Crippen molar-refractivity contribution in [1.29, 1.82) is 0 Å². The van der Waals surface area contributed by atoms with Crippen molar-refractivity contribution in [2.45, 2.75) is 13.0 Å². The molecule has 0 amide bonds. The van der Waals surface area contributed by atoms with Gasteiger partial charge in [-0.05, 0) is 31.2 Å². The summed E-state index contributed by atoms with van der Waals surface area (Å²) in [6.45, 7) is 2.06. The maximum absolute atomic E-state index is 9.14. The lowest BCUT2D eigenvalue weighted by molar-refractivity contribution is 0.475. The molecule has 1 aromatic heterocycles. The highest BCUT2D eigenvalue weighted by Crippen LogP contribution is 2.21. The van der Waals surface area contributed by atoms with Crippen LogP contribution in [0.25, 0.3) is 0 Å². The van der Waals surface area contributed by atoms with Crippen LogP contribution < -0.4 is 5.32 Å². The Kier molecular flexibility index (Phi) is 2.87. The molecule has 0 saturated heterocycles. The predicted molar refractivity (Wildman–Crippen MR) is 62.3 cm³/mol. The van der Waals surface area contributed by atoms with Gasteiger partial charge in [-0.2, -0.15) is 0 Å². The third kappa shape index (κ3) is 2.47. The number of hydrogen-bond acceptors (Lipinski definition) is 4. The third-order valence-electron chi connectivity index (χ3n) is 2.07. The van der Waals surface area contributed by atoms with Crippen LogP contribution >= 0.6 is 11.3 Å². The van der Waals surface area contributed by atoms with Gasteiger partial charge in [-0.1, -0.05) is 0 Å². The quantitative estimate of drug-likeness (QED) is 0.781. The Balaban J connectivity index is 2.06. The number of hydrogen-bond donors (Lipinski definition) is 2. The lowest BCUT2D eigenvalue weighted by Crippen LogP contribution is -2.05. The molecule has 78 valence electrons. The SMILES string of the molecule is CC(Nc1ccc(O)cc1)c1nccs1. The molecule has 0 aliphatic carbocycles. The molecule has 0 aliphatic rings. The number of phenols is 1. The second-order valence-corrected chi connectivity index (χ2v) is 4.21. The van der Waals surface area contributed by atoms with Gasteiger partial charge in [0.2, 0.25) is 0 Å². The van der Waals surface area contributed by atoms with Crippen LogP contribution in [0.2, 0.25) is 0 Å². The van der Waals surface area contributed by atoms with E-state index in [9.17, 15) is 0 Å². The second kappa shape index (κ2) is 4.31. The van der Waals surface area contributed by atoms with Gasteiger partial charge in [0, 0.05) is 17.3 Å². The van der Waals surface area contributed by atoms with E-state index in [1.807, 2.05) is 17.5 Å². The van der Waals surface area contributed by atoms with Crippen molar-refractivity contribution in [3.8, 4) is 5.75 Å². The van der Waals surface area contributed by atoms with E-state index in [-0.39, 0.29) is 11.8 Å². The molecule has 2 aromatic rings. The first-order valence-corrected chi connectivity index (χ1v) is 5.58. The van der Waals surface area contributed by atoms with Crippen molar-refractivity contribution in [1.82, 2.24) is 4.98 Å². The maximum Gasteiger partial charge on any atom is 0.115 e. The Morgan fingerprint density at radius 2 is 2.07 bits per heavy atom. The van der Waals surface area contributed by atoms with Crippen LogP contribution in [0.15, 0.2) is 35.8 Å². The Hall–Kier alpha value is -1.55. The fraction of sp³-hybridized carbons (Fsp3) is 0.182. The zero-order chi connectivity index (χ0) is 10.7. The molecule has 0 spiro atoms. The van der Waals surface area contributed by atoms with Gasteiger partial charge in [0.1, 0.15) is 10.8 Å². The molecule has 0 fully saturated rings. The van der Waals surface area contributed by atoms with Crippen LogP contribution in [0.5, 0.6) is 5.75 Å². The number of anilines is 1. The van der Waals surface area contributed by atoms with Crippen LogP contribution in [0.4, 0.5) is 5.69 Å². The van der Waals surface area contributed by atoms with Crippen LogP contribution in [-0.2, 0) is 0 Å². The van der Waals surface area contributed by atoms with E-state index < -0.39 is 0 Å². The molecular formula is C11H12N2OS. The Labute approximate surface area is 92.4 Å². The van der Waals surface area contributed by atoms with Gasteiger partial charge in [0.05, 0.1) is 6.04 Å². The number of phenolic OH excluding ortho intramolecular Hbond substituents is 1. The number of nitrogens with zero attached hydrogens (tertiary/aromatic N) is 1. The van der Waals surface area contributed by atoms with Crippen LogP contribution in [-0.4, -0.2) is 10.1 Å². The van der Waals surface area contributed by atoms with Crippen molar-refractivity contribution in [2.75, 3.05) is 5.32 Å². The zero-order valence-corrected chi connectivity index (χ0v) is 9.16. The van der Waals surface area contributed by atoms with E-state index >= 15 is 0 Å². The van der Waals surface area contributed by atoms with Crippen molar-refractivity contribution in [3.63, 3.8) is 0 Å². The first-order valence-electron chi connectivity index (χ1n) is 4.70. The van der Waals surface area contributed by atoms with Crippen molar-refractivity contribution >= 4 is 17.0 Å². The first kappa shape index (κ1) is 9.98. The van der Waals surface area contributed by atoms with Gasteiger partial charge in [-0.25, -0.2) is 4.98 Å². The summed E-state index contributed by atoms with van der Waals surface area (Å²) in [5, 5.41) is 15.5. The minimum atomic E-state index is 0.189. The van der Waals surface area contributed by atoms with Gasteiger partial charge >= 0.3 is 0 Å². The predicted octanol–water partition coefficient (Wildman–Crippen LogP) is 3.02. The summed E-state index contributed by atoms with van der Waals surface area (Å²) in [6.07, 6.45) is 1.80. The molecule has 0 aliphatic heterocycles. The molecule has 1 aromatic carbocycles. The smallest absolute Gasteiger partial charge is 0.115 e.